The van der Waals surface area contributed by atoms with Crippen LogP contribution in [0.1, 0.15) is 25.8 Å². The number of aromatic nitrogens is 2. The first kappa shape index (κ1) is 22.5. The van der Waals surface area contributed by atoms with E-state index < -0.39 is 6.09 Å². The molecule has 0 radical (unpaired) electrons. The zero-order chi connectivity index (χ0) is 21.9. The van der Waals surface area contributed by atoms with Crippen molar-refractivity contribution in [3.63, 3.8) is 0 Å². The molecule has 30 heavy (non-hydrogen) atoms. The fourth-order valence-electron chi connectivity index (χ4n) is 2.76. The van der Waals surface area contributed by atoms with Crippen LogP contribution in [0.2, 0.25) is 5.15 Å². The van der Waals surface area contributed by atoms with Gasteiger partial charge in [0.25, 0.3) is 0 Å². The first-order valence-electron chi connectivity index (χ1n) is 9.17. The number of carbonyl (C=O) groups is 1. The van der Waals surface area contributed by atoms with Gasteiger partial charge in [-0.3, -0.25) is 0 Å². The molecule has 2 heterocycles. The van der Waals surface area contributed by atoms with Crippen LogP contribution in [0, 0.1) is 11.2 Å². The molecule has 0 bridgehead atoms. The SMILES string of the molecule is CC(C)(C)C(Cc1nc(-c2ccccc2F)c(Sc2ccc(Cl)nc2)s1)NC(=O)O. The first-order chi connectivity index (χ1) is 14.1. The van der Waals surface area contributed by atoms with Gasteiger partial charge in [0.15, 0.2) is 0 Å². The van der Waals surface area contributed by atoms with Crippen LogP contribution in [0.5, 0.6) is 0 Å². The van der Waals surface area contributed by atoms with E-state index in [1.807, 2.05) is 26.8 Å². The van der Waals surface area contributed by atoms with Crippen LogP contribution >= 0.6 is 34.7 Å². The van der Waals surface area contributed by atoms with Crippen LogP contribution in [0.15, 0.2) is 51.7 Å². The highest BCUT2D eigenvalue weighted by Crippen LogP contribution is 2.41. The smallest absolute Gasteiger partial charge is 0.404 e. The lowest BCUT2D eigenvalue weighted by molar-refractivity contribution is 0.174. The van der Waals surface area contributed by atoms with Gasteiger partial charge in [-0.15, -0.1) is 11.3 Å². The number of nitrogens with one attached hydrogen (secondary N) is 1. The van der Waals surface area contributed by atoms with E-state index in [9.17, 15) is 14.3 Å². The zero-order valence-corrected chi connectivity index (χ0v) is 19.0. The number of benzene rings is 1. The van der Waals surface area contributed by atoms with E-state index in [-0.39, 0.29) is 17.3 Å². The van der Waals surface area contributed by atoms with Crippen LogP contribution in [0.25, 0.3) is 11.3 Å². The molecule has 0 saturated heterocycles. The monoisotopic (exact) mass is 465 g/mol. The molecule has 0 spiro atoms. The number of carboxylic acid groups (broad SMARTS) is 1. The molecule has 1 amide bonds. The number of rotatable bonds is 6. The van der Waals surface area contributed by atoms with Crippen LogP contribution < -0.4 is 5.32 Å². The number of halogens is 2. The van der Waals surface area contributed by atoms with E-state index >= 15 is 0 Å². The molecule has 9 heteroatoms. The Morgan fingerprint density at radius 1 is 1.30 bits per heavy atom. The normalized spacial score (nSPS) is 12.6. The average Bonchev–Trinajstić information content (AvgIpc) is 3.04. The van der Waals surface area contributed by atoms with Gasteiger partial charge >= 0.3 is 6.09 Å². The van der Waals surface area contributed by atoms with E-state index in [0.29, 0.717) is 22.8 Å². The van der Waals surface area contributed by atoms with Crippen molar-refractivity contribution in [2.24, 2.45) is 5.41 Å². The molecule has 0 aliphatic carbocycles. The summed E-state index contributed by atoms with van der Waals surface area (Å²) in [5.41, 5.74) is 0.634. The Labute approximate surface area is 187 Å². The number of pyridine rings is 1. The van der Waals surface area contributed by atoms with Crippen molar-refractivity contribution in [2.75, 3.05) is 0 Å². The molecule has 158 valence electrons. The van der Waals surface area contributed by atoms with Crippen molar-refractivity contribution in [3.05, 3.63) is 58.6 Å². The maximum absolute atomic E-state index is 14.5. The molecule has 1 atom stereocenters. The Bertz CT molecular complexity index is 1040. The summed E-state index contributed by atoms with van der Waals surface area (Å²) < 4.78 is 15.3. The summed E-state index contributed by atoms with van der Waals surface area (Å²) in [5, 5.41) is 12.9. The van der Waals surface area contributed by atoms with Crippen LogP contribution in [-0.4, -0.2) is 27.2 Å². The molecule has 0 aliphatic rings. The van der Waals surface area contributed by atoms with Crippen molar-refractivity contribution < 1.29 is 14.3 Å². The second-order valence-electron chi connectivity index (χ2n) is 7.71. The molecule has 2 N–H and O–H groups in total. The molecule has 3 rings (SSSR count). The van der Waals surface area contributed by atoms with E-state index in [1.54, 1.807) is 30.5 Å². The van der Waals surface area contributed by atoms with Gasteiger partial charge in [0.2, 0.25) is 0 Å². The van der Waals surface area contributed by atoms with Gasteiger partial charge in [0.05, 0.1) is 14.9 Å². The van der Waals surface area contributed by atoms with Gasteiger partial charge in [-0.1, -0.05) is 56.3 Å². The van der Waals surface area contributed by atoms with Crippen molar-refractivity contribution in [3.8, 4) is 11.3 Å². The van der Waals surface area contributed by atoms with Gasteiger partial charge in [-0.25, -0.2) is 19.2 Å². The van der Waals surface area contributed by atoms with Gasteiger partial charge < -0.3 is 10.4 Å². The quantitative estimate of drug-likeness (QED) is 0.413. The molecular weight excluding hydrogens is 445 g/mol. The molecule has 1 unspecified atom stereocenters. The van der Waals surface area contributed by atoms with Gasteiger partial charge in [0.1, 0.15) is 11.0 Å². The summed E-state index contributed by atoms with van der Waals surface area (Å²) in [6.07, 6.45) is 0.977. The molecule has 1 aromatic carbocycles. The van der Waals surface area contributed by atoms with Crippen molar-refractivity contribution in [1.29, 1.82) is 0 Å². The Balaban J connectivity index is 2.00. The molecular formula is C21H21ClFN3O2S2. The standard InChI is InChI=1S/C21H21ClFN3O2S2/c1-21(2,3)15(25-20(27)28)10-17-26-18(13-6-4-5-7-14(13)23)19(30-17)29-12-8-9-16(22)24-11-12/h4-9,11,15,25H,10H2,1-3H3,(H,27,28). The predicted octanol–water partition coefficient (Wildman–Crippen LogP) is 6.37. The third kappa shape index (κ3) is 5.71. The minimum atomic E-state index is -1.08. The fourth-order valence-corrected chi connectivity index (χ4v) is 5.17. The minimum absolute atomic E-state index is 0.310. The second kappa shape index (κ2) is 9.32. The molecule has 0 aliphatic heterocycles. The molecule has 5 nitrogen and oxygen atoms in total. The van der Waals surface area contributed by atoms with Gasteiger partial charge in [-0.2, -0.15) is 0 Å². The Kier molecular flexibility index (Phi) is 7.00. The lowest BCUT2D eigenvalue weighted by Crippen LogP contribution is -2.44. The van der Waals surface area contributed by atoms with Crippen LogP contribution in [0.4, 0.5) is 9.18 Å². The van der Waals surface area contributed by atoms with Crippen LogP contribution in [0.3, 0.4) is 0 Å². The van der Waals surface area contributed by atoms with E-state index in [0.717, 1.165) is 14.1 Å². The summed E-state index contributed by atoms with van der Waals surface area (Å²) in [6, 6.07) is 9.68. The van der Waals surface area contributed by atoms with E-state index in [1.165, 1.54) is 29.2 Å². The topological polar surface area (TPSA) is 75.1 Å². The number of hydrogen-bond acceptors (Lipinski definition) is 5. The van der Waals surface area contributed by atoms with Crippen molar-refractivity contribution in [2.45, 2.75) is 42.3 Å². The van der Waals surface area contributed by atoms with Gasteiger partial charge in [0, 0.05) is 29.1 Å². The average molecular weight is 466 g/mol. The second-order valence-corrected chi connectivity index (χ2v) is 10.5. The Morgan fingerprint density at radius 2 is 2.03 bits per heavy atom. The molecule has 0 fully saturated rings. The molecule has 2 aromatic heterocycles. The Morgan fingerprint density at radius 3 is 2.63 bits per heavy atom. The lowest BCUT2D eigenvalue weighted by Gasteiger charge is -2.29. The van der Waals surface area contributed by atoms with E-state index in [4.69, 9.17) is 16.6 Å². The van der Waals surface area contributed by atoms with Crippen LogP contribution in [-0.2, 0) is 6.42 Å². The largest absolute Gasteiger partial charge is 0.465 e. The maximum Gasteiger partial charge on any atom is 0.404 e. The first-order valence-corrected chi connectivity index (χ1v) is 11.2. The Hall–Kier alpha value is -2.16. The molecule has 3 aromatic rings. The van der Waals surface area contributed by atoms with E-state index in [2.05, 4.69) is 10.3 Å². The summed E-state index contributed by atoms with van der Waals surface area (Å²) in [4.78, 5) is 20.9. The number of hydrogen-bond donors (Lipinski definition) is 2. The van der Waals surface area contributed by atoms with Gasteiger partial charge in [-0.05, 0) is 29.7 Å². The minimum Gasteiger partial charge on any atom is -0.465 e. The highest BCUT2D eigenvalue weighted by Gasteiger charge is 2.28. The lowest BCUT2D eigenvalue weighted by atomic mass is 9.85. The van der Waals surface area contributed by atoms with Crippen molar-refractivity contribution in [1.82, 2.24) is 15.3 Å². The summed E-state index contributed by atoms with van der Waals surface area (Å²) in [6.45, 7) is 5.90. The zero-order valence-electron chi connectivity index (χ0n) is 16.6. The summed E-state index contributed by atoms with van der Waals surface area (Å²) >= 11 is 8.73. The summed E-state index contributed by atoms with van der Waals surface area (Å²) in [5.74, 6) is -0.360. The van der Waals surface area contributed by atoms with Crippen molar-refractivity contribution >= 4 is 40.8 Å². The number of thiazole rings is 1. The fraction of sp³-hybridized carbons (Fsp3) is 0.286. The number of amides is 1. The maximum atomic E-state index is 14.5. The summed E-state index contributed by atoms with van der Waals surface area (Å²) in [7, 11) is 0. The predicted molar refractivity (Wildman–Crippen MR) is 119 cm³/mol. The third-order valence-corrected chi connectivity index (χ3v) is 6.85. The number of nitrogens with zero attached hydrogens (tertiary/aromatic N) is 2. The third-order valence-electron chi connectivity index (χ3n) is 4.40. The highest BCUT2D eigenvalue weighted by molar-refractivity contribution is 8.01. The highest BCUT2D eigenvalue weighted by atomic mass is 35.5. The molecule has 0 saturated carbocycles.